The van der Waals surface area contributed by atoms with Crippen LogP contribution in [0.25, 0.3) is 11.4 Å². The van der Waals surface area contributed by atoms with Crippen LogP contribution in [0.5, 0.6) is 5.75 Å². The quantitative estimate of drug-likeness (QED) is 0.507. The Morgan fingerprint density at radius 1 is 1.03 bits per heavy atom. The fourth-order valence-corrected chi connectivity index (χ4v) is 3.17. The predicted molar refractivity (Wildman–Crippen MR) is 117 cm³/mol. The second-order valence-corrected chi connectivity index (χ2v) is 7.08. The highest BCUT2D eigenvalue weighted by molar-refractivity contribution is 5.92. The van der Waals surface area contributed by atoms with E-state index in [2.05, 4.69) is 41.5 Å². The highest BCUT2D eigenvalue weighted by atomic mass is 16.5. The van der Waals surface area contributed by atoms with Gasteiger partial charge < -0.3 is 10.1 Å². The molecular weight excluding hydrogens is 378 g/mol. The van der Waals surface area contributed by atoms with Crippen molar-refractivity contribution in [2.24, 2.45) is 0 Å². The topological polar surface area (TPSA) is 81.9 Å². The molecule has 1 N–H and O–H groups in total. The zero-order valence-corrected chi connectivity index (χ0v) is 17.9. The monoisotopic (exact) mass is 407 g/mol. The fraction of sp³-hybridized carbons (Fsp3) is 0.391. The Morgan fingerprint density at radius 3 is 2.37 bits per heavy atom. The number of rotatable bonds is 10. The van der Waals surface area contributed by atoms with Crippen LogP contribution in [0.2, 0.25) is 0 Å². The molecule has 1 aromatic heterocycles. The summed E-state index contributed by atoms with van der Waals surface area (Å²) in [6, 6.07) is 13.7. The minimum atomic E-state index is -0.172. The molecule has 0 unspecified atom stereocenters. The Hall–Kier alpha value is -3.22. The van der Waals surface area contributed by atoms with E-state index in [1.54, 1.807) is 0 Å². The summed E-state index contributed by atoms with van der Waals surface area (Å²) in [5.41, 5.74) is 3.97. The third-order valence-corrected chi connectivity index (χ3v) is 4.88. The van der Waals surface area contributed by atoms with Gasteiger partial charge in [-0.25, -0.2) is 0 Å². The van der Waals surface area contributed by atoms with Crippen LogP contribution in [0.4, 0.5) is 5.69 Å². The van der Waals surface area contributed by atoms with Crippen LogP contribution in [0.1, 0.15) is 44.7 Å². The summed E-state index contributed by atoms with van der Waals surface area (Å²) in [6.45, 7) is 7.01. The molecule has 3 rings (SSSR count). The summed E-state index contributed by atoms with van der Waals surface area (Å²) in [4.78, 5) is 13.9. The molecule has 7 nitrogen and oxygen atoms in total. The molecule has 3 aromatic rings. The van der Waals surface area contributed by atoms with Crippen LogP contribution in [0.3, 0.4) is 0 Å². The summed E-state index contributed by atoms with van der Waals surface area (Å²) < 4.78 is 5.67. The van der Waals surface area contributed by atoms with E-state index in [-0.39, 0.29) is 12.5 Å². The molecule has 0 saturated heterocycles. The van der Waals surface area contributed by atoms with E-state index >= 15 is 0 Å². The molecule has 0 radical (unpaired) electrons. The van der Waals surface area contributed by atoms with E-state index in [0.29, 0.717) is 12.4 Å². The lowest BCUT2D eigenvalue weighted by Gasteiger charge is -2.14. The number of ether oxygens (including phenoxy) is 1. The van der Waals surface area contributed by atoms with E-state index in [1.807, 2.05) is 42.5 Å². The lowest BCUT2D eigenvalue weighted by Crippen LogP contribution is -2.22. The molecule has 0 saturated carbocycles. The Kier molecular flexibility index (Phi) is 7.54. The lowest BCUT2D eigenvalue weighted by atomic mass is 10.0. The summed E-state index contributed by atoms with van der Waals surface area (Å²) in [5, 5.41) is 15.5. The number of aryl methyl sites for hydroxylation is 2. The van der Waals surface area contributed by atoms with Gasteiger partial charge in [-0.3, -0.25) is 4.79 Å². The van der Waals surface area contributed by atoms with Crippen molar-refractivity contribution in [2.45, 2.75) is 53.0 Å². The maximum absolute atomic E-state index is 12.6. The first-order valence-corrected chi connectivity index (χ1v) is 10.6. The van der Waals surface area contributed by atoms with Crippen LogP contribution in [-0.2, 0) is 24.2 Å². The van der Waals surface area contributed by atoms with E-state index < -0.39 is 0 Å². The van der Waals surface area contributed by atoms with Crippen molar-refractivity contribution in [1.29, 1.82) is 0 Å². The number of anilines is 1. The van der Waals surface area contributed by atoms with Gasteiger partial charge in [0.05, 0.1) is 6.61 Å². The van der Waals surface area contributed by atoms with Gasteiger partial charge in [-0.15, -0.1) is 10.2 Å². The molecule has 0 aliphatic rings. The summed E-state index contributed by atoms with van der Waals surface area (Å²) >= 11 is 0. The predicted octanol–water partition coefficient (Wildman–Crippen LogP) is 4.28. The average molecular weight is 408 g/mol. The summed E-state index contributed by atoms with van der Waals surface area (Å²) in [6.07, 6.45) is 3.84. The van der Waals surface area contributed by atoms with Gasteiger partial charge in [0, 0.05) is 11.3 Å². The minimum absolute atomic E-state index is 0.00636. The van der Waals surface area contributed by atoms with Gasteiger partial charge in [0.25, 0.3) is 0 Å². The smallest absolute Gasteiger partial charge is 0.248 e. The third kappa shape index (κ3) is 5.43. The van der Waals surface area contributed by atoms with Gasteiger partial charge in [-0.2, -0.15) is 4.80 Å². The second kappa shape index (κ2) is 10.5. The van der Waals surface area contributed by atoms with Gasteiger partial charge in [0.15, 0.2) is 0 Å². The highest BCUT2D eigenvalue weighted by Crippen LogP contribution is 2.23. The number of unbranched alkanes of at least 4 members (excludes halogenated alkanes) is 1. The number of amides is 1. The van der Waals surface area contributed by atoms with E-state index in [1.165, 1.54) is 4.80 Å². The van der Waals surface area contributed by atoms with Crippen LogP contribution < -0.4 is 10.1 Å². The van der Waals surface area contributed by atoms with Crippen molar-refractivity contribution in [1.82, 2.24) is 20.2 Å². The number of para-hydroxylation sites is 1. The number of aromatic nitrogens is 4. The molecule has 158 valence electrons. The largest absolute Gasteiger partial charge is 0.494 e. The number of carbonyl (C=O) groups is 1. The first-order valence-electron chi connectivity index (χ1n) is 10.6. The molecule has 0 aliphatic heterocycles. The fourth-order valence-electron chi connectivity index (χ4n) is 3.17. The minimum Gasteiger partial charge on any atom is -0.494 e. The van der Waals surface area contributed by atoms with E-state index in [0.717, 1.165) is 53.8 Å². The standard InChI is InChI=1S/C23H29N5O2/c1-4-7-15-30-20-13-11-19(12-14-20)23-25-27-28(26-23)16-21(29)24-22-17(5-2)9-8-10-18(22)6-3/h8-14H,4-7,15-16H2,1-3H3,(H,24,29). The Bertz CT molecular complexity index is 944. The number of hydrogen-bond donors (Lipinski definition) is 1. The molecule has 2 aromatic carbocycles. The molecule has 0 spiro atoms. The maximum atomic E-state index is 12.6. The van der Waals surface area contributed by atoms with Crippen molar-refractivity contribution in [3.05, 3.63) is 53.6 Å². The van der Waals surface area contributed by atoms with Gasteiger partial charge in [-0.05, 0) is 59.9 Å². The van der Waals surface area contributed by atoms with Gasteiger partial charge in [0.1, 0.15) is 12.3 Å². The number of nitrogens with one attached hydrogen (secondary N) is 1. The molecule has 30 heavy (non-hydrogen) atoms. The third-order valence-electron chi connectivity index (χ3n) is 4.88. The lowest BCUT2D eigenvalue weighted by molar-refractivity contribution is -0.117. The van der Waals surface area contributed by atoms with Crippen molar-refractivity contribution in [3.63, 3.8) is 0 Å². The molecule has 0 bridgehead atoms. The zero-order chi connectivity index (χ0) is 21.3. The van der Waals surface area contributed by atoms with E-state index in [4.69, 9.17) is 4.74 Å². The van der Waals surface area contributed by atoms with Crippen LogP contribution in [0, 0.1) is 0 Å². The Morgan fingerprint density at radius 2 is 1.73 bits per heavy atom. The molecule has 1 amide bonds. The number of hydrogen-bond acceptors (Lipinski definition) is 5. The first kappa shape index (κ1) is 21.5. The number of nitrogens with zero attached hydrogens (tertiary/aromatic N) is 4. The molecule has 0 atom stereocenters. The van der Waals surface area contributed by atoms with E-state index in [9.17, 15) is 4.79 Å². The summed E-state index contributed by atoms with van der Waals surface area (Å²) in [5.74, 6) is 1.13. The van der Waals surface area contributed by atoms with Crippen molar-refractivity contribution in [3.8, 4) is 17.1 Å². The van der Waals surface area contributed by atoms with Crippen molar-refractivity contribution >= 4 is 11.6 Å². The molecule has 0 fully saturated rings. The highest BCUT2D eigenvalue weighted by Gasteiger charge is 2.13. The van der Waals surface area contributed by atoms with Crippen molar-refractivity contribution < 1.29 is 9.53 Å². The maximum Gasteiger partial charge on any atom is 0.248 e. The number of carbonyl (C=O) groups excluding carboxylic acids is 1. The van der Waals surface area contributed by atoms with Crippen LogP contribution in [-0.4, -0.2) is 32.7 Å². The second-order valence-electron chi connectivity index (χ2n) is 7.08. The first-order chi connectivity index (χ1) is 14.6. The molecular formula is C23H29N5O2. The van der Waals surface area contributed by atoms with Crippen LogP contribution >= 0.6 is 0 Å². The number of benzene rings is 2. The number of tetrazole rings is 1. The molecule has 1 heterocycles. The Balaban J connectivity index is 1.64. The molecule has 7 heteroatoms. The van der Waals surface area contributed by atoms with Gasteiger partial charge in [-0.1, -0.05) is 45.4 Å². The summed E-state index contributed by atoms with van der Waals surface area (Å²) in [7, 11) is 0. The normalized spacial score (nSPS) is 10.8. The zero-order valence-electron chi connectivity index (χ0n) is 17.9. The average Bonchev–Trinajstić information content (AvgIpc) is 3.22. The van der Waals surface area contributed by atoms with Crippen LogP contribution in [0.15, 0.2) is 42.5 Å². The Labute approximate surface area is 177 Å². The van der Waals surface area contributed by atoms with Crippen molar-refractivity contribution in [2.75, 3.05) is 11.9 Å². The molecule has 0 aliphatic carbocycles. The SMILES string of the molecule is CCCCOc1ccc(-c2nnn(CC(=O)Nc3c(CC)cccc3CC)n2)cc1. The van der Waals surface area contributed by atoms with Gasteiger partial charge >= 0.3 is 0 Å². The van der Waals surface area contributed by atoms with Gasteiger partial charge in [0.2, 0.25) is 11.7 Å².